The van der Waals surface area contributed by atoms with Crippen molar-refractivity contribution in [2.75, 3.05) is 0 Å². The van der Waals surface area contributed by atoms with Crippen LogP contribution >= 0.6 is 0 Å². The van der Waals surface area contributed by atoms with Gasteiger partial charge in [0.25, 0.3) is 0 Å². The van der Waals surface area contributed by atoms with Gasteiger partial charge < -0.3 is 13.3 Å². The average Bonchev–Trinajstić information content (AvgIpc) is 4.01. The summed E-state index contributed by atoms with van der Waals surface area (Å²) in [6.07, 6.45) is 0. The van der Waals surface area contributed by atoms with Crippen LogP contribution in [0, 0.1) is 0 Å². The molecule has 0 amide bonds. The fraction of sp³-hybridized carbons (Fsp3) is 0. The number of hydrogen-bond acceptors (Lipinski definition) is 3. The maximum Gasteiger partial charge on any atom is 0.178 e. The molecule has 0 saturated heterocycles. The van der Waals surface area contributed by atoms with E-state index in [0.717, 1.165) is 82.9 Å². The fourth-order valence-corrected chi connectivity index (χ4v) is 9.84. The van der Waals surface area contributed by atoms with Crippen molar-refractivity contribution in [3.8, 4) is 44.7 Å². The molecule has 0 atom stereocenters. The predicted molar refractivity (Wildman–Crippen MR) is 245 cm³/mol. The molecule has 3 heterocycles. The average molecular weight is 753 g/mol. The number of para-hydroxylation sites is 1. The quantitative estimate of drug-likeness (QED) is 0.168. The van der Waals surface area contributed by atoms with Gasteiger partial charge in [-0.2, -0.15) is 0 Å². The molecule has 0 aliphatic carbocycles. The Hall–Kier alpha value is -7.88. The Morgan fingerprint density at radius 1 is 0.237 bits per heavy atom. The molecule has 13 aromatic rings. The van der Waals surface area contributed by atoms with Gasteiger partial charge in [0, 0.05) is 38.1 Å². The molecule has 274 valence electrons. The maximum absolute atomic E-state index is 6.91. The van der Waals surface area contributed by atoms with E-state index in [2.05, 4.69) is 182 Å². The highest BCUT2D eigenvalue weighted by Gasteiger charge is 2.25. The van der Waals surface area contributed by atoms with Crippen LogP contribution in [0.4, 0.5) is 0 Å². The molecule has 0 spiro atoms. The van der Waals surface area contributed by atoms with Crippen molar-refractivity contribution in [2.45, 2.75) is 0 Å². The van der Waals surface area contributed by atoms with Crippen LogP contribution in [0.25, 0.3) is 132 Å². The first-order valence-electron chi connectivity index (χ1n) is 20.1. The lowest BCUT2D eigenvalue weighted by Gasteiger charge is -2.19. The molecule has 0 fully saturated rings. The Morgan fingerprint density at radius 2 is 0.746 bits per heavy atom. The second kappa shape index (κ2) is 12.3. The van der Waals surface area contributed by atoms with Gasteiger partial charge >= 0.3 is 0 Å². The first kappa shape index (κ1) is 32.2. The maximum atomic E-state index is 6.91. The van der Waals surface area contributed by atoms with Gasteiger partial charge in [-0.1, -0.05) is 164 Å². The van der Waals surface area contributed by atoms with E-state index in [1.165, 1.54) is 49.0 Å². The SMILES string of the molecule is c1ccc(-c2oc3c(ccc4c3oc3cccc(-c5c6ccccc6c(-c6cccc7c6ccc6oc8ccccc8c67)c6ccccc56)c34)c2-c2ccccc2)cc1. The molecule has 3 heteroatoms. The van der Waals surface area contributed by atoms with Crippen LogP contribution in [0.1, 0.15) is 0 Å². The Labute approximate surface area is 337 Å². The van der Waals surface area contributed by atoms with E-state index in [-0.39, 0.29) is 0 Å². The molecule has 3 aromatic heterocycles. The van der Waals surface area contributed by atoms with E-state index >= 15 is 0 Å². The van der Waals surface area contributed by atoms with Gasteiger partial charge in [0.15, 0.2) is 11.2 Å². The van der Waals surface area contributed by atoms with E-state index in [4.69, 9.17) is 13.3 Å². The van der Waals surface area contributed by atoms with E-state index in [9.17, 15) is 0 Å². The van der Waals surface area contributed by atoms with E-state index in [0.29, 0.717) is 0 Å². The van der Waals surface area contributed by atoms with Gasteiger partial charge in [-0.15, -0.1) is 0 Å². The summed E-state index contributed by atoms with van der Waals surface area (Å²) >= 11 is 0. The first-order valence-corrected chi connectivity index (χ1v) is 20.1. The predicted octanol–water partition coefficient (Wildman–Crippen LogP) is 16.4. The third-order valence-corrected chi connectivity index (χ3v) is 12.3. The van der Waals surface area contributed by atoms with Crippen LogP contribution < -0.4 is 0 Å². The first-order chi connectivity index (χ1) is 29.3. The van der Waals surface area contributed by atoms with E-state index < -0.39 is 0 Å². The summed E-state index contributed by atoms with van der Waals surface area (Å²) in [4.78, 5) is 0. The Bertz CT molecular complexity index is 3770. The molecule has 0 saturated carbocycles. The third kappa shape index (κ3) is 4.58. The van der Waals surface area contributed by atoms with Crippen LogP contribution in [0.5, 0.6) is 0 Å². The summed E-state index contributed by atoms with van der Waals surface area (Å²) in [6.45, 7) is 0. The van der Waals surface area contributed by atoms with Crippen molar-refractivity contribution in [3.05, 3.63) is 194 Å². The molecule has 3 nitrogen and oxygen atoms in total. The third-order valence-electron chi connectivity index (χ3n) is 12.3. The van der Waals surface area contributed by atoms with Crippen LogP contribution in [-0.2, 0) is 0 Å². The summed E-state index contributed by atoms with van der Waals surface area (Å²) < 4.78 is 20.1. The molecule has 0 N–H and O–H groups in total. The number of furan rings is 3. The van der Waals surface area contributed by atoms with Crippen molar-refractivity contribution >= 4 is 87.2 Å². The number of hydrogen-bond donors (Lipinski definition) is 0. The van der Waals surface area contributed by atoms with Crippen LogP contribution in [-0.4, -0.2) is 0 Å². The lowest BCUT2D eigenvalue weighted by Crippen LogP contribution is -1.92. The molecule has 0 aliphatic heterocycles. The highest BCUT2D eigenvalue weighted by Crippen LogP contribution is 2.50. The molecule has 0 unspecified atom stereocenters. The molecule has 13 rings (SSSR count). The number of benzene rings is 10. The van der Waals surface area contributed by atoms with Crippen molar-refractivity contribution < 1.29 is 13.3 Å². The molecule has 59 heavy (non-hydrogen) atoms. The minimum absolute atomic E-state index is 0.753. The molecule has 10 aromatic carbocycles. The van der Waals surface area contributed by atoms with Crippen molar-refractivity contribution in [3.63, 3.8) is 0 Å². The fourth-order valence-electron chi connectivity index (χ4n) is 9.84. The summed E-state index contributed by atoms with van der Waals surface area (Å²) in [5.74, 6) is 0.836. The summed E-state index contributed by atoms with van der Waals surface area (Å²) in [5, 5.41) is 12.6. The second-order valence-corrected chi connectivity index (χ2v) is 15.4. The summed E-state index contributed by atoms with van der Waals surface area (Å²) in [6, 6.07) is 68.9. The molecule has 0 radical (unpaired) electrons. The van der Waals surface area contributed by atoms with Gasteiger partial charge in [-0.25, -0.2) is 0 Å². The van der Waals surface area contributed by atoms with Crippen LogP contribution in [0.3, 0.4) is 0 Å². The Kier molecular flexibility index (Phi) is 6.72. The van der Waals surface area contributed by atoms with E-state index in [1.54, 1.807) is 0 Å². The lowest BCUT2D eigenvalue weighted by molar-refractivity contribution is 0.612. The minimum Gasteiger partial charge on any atom is -0.456 e. The summed E-state index contributed by atoms with van der Waals surface area (Å²) in [5.41, 5.74) is 12.1. The summed E-state index contributed by atoms with van der Waals surface area (Å²) in [7, 11) is 0. The lowest BCUT2D eigenvalue weighted by atomic mass is 9.83. The van der Waals surface area contributed by atoms with Gasteiger partial charge in [0.1, 0.15) is 22.5 Å². The Morgan fingerprint density at radius 3 is 1.47 bits per heavy atom. The van der Waals surface area contributed by atoms with Gasteiger partial charge in [-0.05, 0) is 90.5 Å². The number of rotatable bonds is 4. The second-order valence-electron chi connectivity index (χ2n) is 15.4. The van der Waals surface area contributed by atoms with Crippen molar-refractivity contribution in [1.82, 2.24) is 0 Å². The normalized spacial score (nSPS) is 12.1. The van der Waals surface area contributed by atoms with Crippen molar-refractivity contribution in [1.29, 1.82) is 0 Å². The zero-order valence-corrected chi connectivity index (χ0v) is 31.7. The van der Waals surface area contributed by atoms with Gasteiger partial charge in [0.2, 0.25) is 0 Å². The number of fused-ring (bicyclic) bond motifs is 12. The minimum atomic E-state index is 0.753. The van der Waals surface area contributed by atoms with Gasteiger partial charge in [0.05, 0.1) is 0 Å². The van der Waals surface area contributed by atoms with E-state index in [1.807, 2.05) is 12.1 Å². The van der Waals surface area contributed by atoms with Crippen LogP contribution in [0.2, 0.25) is 0 Å². The molecular weight excluding hydrogens is 721 g/mol. The standard InChI is InChI=1S/C56H32O3/c1-3-15-33(16-4-1)49-44-29-30-45-53-43(26-14-28-47(53)58-55(45)56(44)59-54(49)34-17-5-2-6-18-34)51-40-21-9-7-19-38(40)50(39-20-8-10-22-41(39)51)36-24-13-25-37-35(36)31-32-48-52(37)42-23-11-12-27-46(42)57-48/h1-32H. The topological polar surface area (TPSA) is 39.4 Å². The zero-order valence-electron chi connectivity index (χ0n) is 31.7. The zero-order chi connectivity index (χ0) is 38.6. The highest BCUT2D eigenvalue weighted by atomic mass is 16.4. The molecular formula is C56H32O3. The largest absolute Gasteiger partial charge is 0.456 e. The van der Waals surface area contributed by atoms with Gasteiger partial charge in [-0.3, -0.25) is 0 Å². The van der Waals surface area contributed by atoms with Crippen molar-refractivity contribution in [2.24, 2.45) is 0 Å². The van der Waals surface area contributed by atoms with Crippen LogP contribution in [0.15, 0.2) is 207 Å². The molecule has 0 bridgehead atoms. The highest BCUT2D eigenvalue weighted by molar-refractivity contribution is 6.29. The molecule has 0 aliphatic rings. The Balaban J connectivity index is 1.10. The monoisotopic (exact) mass is 752 g/mol. The smallest absolute Gasteiger partial charge is 0.178 e.